The summed E-state index contributed by atoms with van der Waals surface area (Å²) in [5.74, 6) is 1.61. The molecule has 1 aromatic heterocycles. The summed E-state index contributed by atoms with van der Waals surface area (Å²) in [5.41, 5.74) is 6.03. The third kappa shape index (κ3) is 10.4. The van der Waals surface area contributed by atoms with Crippen molar-refractivity contribution >= 4 is 29.1 Å². The van der Waals surface area contributed by atoms with Crippen LogP contribution in [0.25, 0.3) is 22.1 Å². The number of rotatable bonds is 16. The van der Waals surface area contributed by atoms with Crippen molar-refractivity contribution in [3.63, 3.8) is 0 Å². The number of amides is 2. The number of aryl methyl sites for hydroxylation is 1. The van der Waals surface area contributed by atoms with E-state index in [-0.39, 0.29) is 32.2 Å². The molecule has 1 atom stereocenters. The summed E-state index contributed by atoms with van der Waals surface area (Å²) in [6.07, 6.45) is 0.0261. The number of unbranched alkanes of at least 4 members (excludes halogenated alkanes) is 1. The Hall–Kier alpha value is -6.17. The molecule has 0 saturated carbocycles. The van der Waals surface area contributed by atoms with Gasteiger partial charge in [-0.05, 0) is 99.0 Å². The van der Waals surface area contributed by atoms with E-state index in [4.69, 9.17) is 32.8 Å². The summed E-state index contributed by atoms with van der Waals surface area (Å²) in [5, 5.41) is 6.31. The maximum absolute atomic E-state index is 13.6. The van der Waals surface area contributed by atoms with Crippen molar-refractivity contribution in [3.05, 3.63) is 113 Å². The fraction of sp³-hybridized carbons (Fsp3) is 0.356. The lowest BCUT2D eigenvalue weighted by molar-refractivity contribution is -0.148. The molecule has 12 nitrogen and oxygen atoms in total. The van der Waals surface area contributed by atoms with Gasteiger partial charge in [0.25, 0.3) is 0 Å². The number of nitrogens with one attached hydrogen (secondary N) is 2. The molecule has 57 heavy (non-hydrogen) atoms. The van der Waals surface area contributed by atoms with Gasteiger partial charge in [-0.3, -0.25) is 0 Å². The lowest BCUT2D eigenvalue weighted by atomic mass is 9.98. The zero-order chi connectivity index (χ0) is 40.5. The first-order chi connectivity index (χ1) is 27.4. The summed E-state index contributed by atoms with van der Waals surface area (Å²) >= 11 is 0. The van der Waals surface area contributed by atoms with Crippen LogP contribution in [0.15, 0.2) is 89.3 Å². The molecule has 1 aliphatic rings. The SMILES string of the molecule is COc1cc(COc2ccc3c(C)c(COC(=O)[C@H](CCCCNC(=O)OC(C)(C)C)NC(=O)OCC4c5ccccc5-c5ccccc54)oc3c2)cc(OC)c1. The number of hydrogen-bond acceptors (Lipinski definition) is 10. The van der Waals surface area contributed by atoms with Gasteiger partial charge >= 0.3 is 18.2 Å². The maximum atomic E-state index is 13.6. The highest BCUT2D eigenvalue weighted by Gasteiger charge is 2.30. The highest BCUT2D eigenvalue weighted by atomic mass is 16.6. The summed E-state index contributed by atoms with van der Waals surface area (Å²) < 4.78 is 39.7. The van der Waals surface area contributed by atoms with Crippen molar-refractivity contribution in [2.75, 3.05) is 27.4 Å². The fourth-order valence-corrected chi connectivity index (χ4v) is 6.85. The number of esters is 1. The summed E-state index contributed by atoms with van der Waals surface area (Å²) in [6, 6.07) is 26.2. The zero-order valence-corrected chi connectivity index (χ0v) is 33.3. The number of hydrogen-bond donors (Lipinski definition) is 2. The molecule has 4 aromatic carbocycles. The van der Waals surface area contributed by atoms with Crippen LogP contribution in [0.3, 0.4) is 0 Å². The number of fused-ring (bicyclic) bond motifs is 4. The molecule has 2 N–H and O–H groups in total. The van der Waals surface area contributed by atoms with E-state index in [1.54, 1.807) is 47.1 Å². The Morgan fingerprint density at radius 3 is 2.09 bits per heavy atom. The van der Waals surface area contributed by atoms with Crippen LogP contribution in [0.4, 0.5) is 9.59 Å². The van der Waals surface area contributed by atoms with Crippen molar-refractivity contribution in [2.24, 2.45) is 0 Å². The first-order valence-electron chi connectivity index (χ1n) is 19.0. The fourth-order valence-electron chi connectivity index (χ4n) is 6.85. The van der Waals surface area contributed by atoms with Gasteiger partial charge < -0.3 is 43.5 Å². The average molecular weight is 779 g/mol. The van der Waals surface area contributed by atoms with Crippen molar-refractivity contribution in [2.45, 2.75) is 77.7 Å². The molecule has 0 aliphatic heterocycles. The minimum Gasteiger partial charge on any atom is -0.497 e. The minimum absolute atomic E-state index is 0.0963. The molecule has 0 unspecified atom stereocenters. The van der Waals surface area contributed by atoms with Crippen molar-refractivity contribution in [1.82, 2.24) is 10.6 Å². The number of ether oxygens (including phenoxy) is 6. The number of carbonyl (C=O) groups is 3. The molecule has 0 fully saturated rings. The van der Waals surface area contributed by atoms with Gasteiger partial charge in [0, 0.05) is 35.5 Å². The number of alkyl carbamates (subject to hydrolysis) is 2. The second-order valence-electron chi connectivity index (χ2n) is 14.9. The van der Waals surface area contributed by atoms with Crippen LogP contribution in [0.2, 0.25) is 0 Å². The van der Waals surface area contributed by atoms with Gasteiger partial charge in [0.05, 0.1) is 14.2 Å². The first-order valence-corrected chi connectivity index (χ1v) is 19.0. The molecule has 0 radical (unpaired) electrons. The number of carbonyl (C=O) groups excluding carboxylic acids is 3. The molecule has 5 aromatic rings. The smallest absolute Gasteiger partial charge is 0.407 e. The van der Waals surface area contributed by atoms with Crippen LogP contribution >= 0.6 is 0 Å². The van der Waals surface area contributed by atoms with E-state index in [9.17, 15) is 14.4 Å². The monoisotopic (exact) mass is 778 g/mol. The Morgan fingerprint density at radius 1 is 0.772 bits per heavy atom. The highest BCUT2D eigenvalue weighted by Crippen LogP contribution is 2.44. The molecule has 0 bridgehead atoms. The van der Waals surface area contributed by atoms with Crippen molar-refractivity contribution < 1.29 is 47.2 Å². The third-order valence-corrected chi connectivity index (χ3v) is 9.68. The largest absolute Gasteiger partial charge is 0.497 e. The summed E-state index contributed by atoms with van der Waals surface area (Å²) in [6.45, 7) is 7.82. The molecule has 300 valence electrons. The van der Waals surface area contributed by atoms with Gasteiger partial charge in [-0.15, -0.1) is 0 Å². The average Bonchev–Trinajstić information content (AvgIpc) is 3.69. The number of benzene rings is 4. The number of furan rings is 1. The van der Waals surface area contributed by atoms with Gasteiger partial charge in [-0.2, -0.15) is 0 Å². The van der Waals surface area contributed by atoms with Crippen LogP contribution in [0.5, 0.6) is 17.2 Å². The summed E-state index contributed by atoms with van der Waals surface area (Å²) in [4.78, 5) is 39.0. The molecule has 0 saturated heterocycles. The normalized spacial score (nSPS) is 12.6. The Kier molecular flexibility index (Phi) is 12.9. The predicted octanol–water partition coefficient (Wildman–Crippen LogP) is 8.98. The molecule has 1 heterocycles. The highest BCUT2D eigenvalue weighted by molar-refractivity contribution is 5.84. The summed E-state index contributed by atoms with van der Waals surface area (Å²) in [7, 11) is 3.19. The van der Waals surface area contributed by atoms with E-state index in [0.717, 1.165) is 38.8 Å². The third-order valence-electron chi connectivity index (χ3n) is 9.68. The van der Waals surface area contributed by atoms with E-state index >= 15 is 0 Å². The van der Waals surface area contributed by atoms with E-state index in [2.05, 4.69) is 22.8 Å². The van der Waals surface area contributed by atoms with Crippen molar-refractivity contribution in [3.8, 4) is 28.4 Å². The molecule has 6 rings (SSSR count). The standard InChI is InChI=1S/C45H50N2O10/c1-28-33-19-18-30(53-25-29-21-31(51-5)23-32(22-29)52-6)24-40(33)56-41(28)27-54-42(48)39(17-11-12-20-46-43(49)57-45(2,3)4)47-44(50)55-26-38-36-15-9-7-13-34(36)35-14-8-10-16-37(35)38/h7-10,13-16,18-19,21-24,38-39H,11-12,17,20,25-27H2,1-6H3,(H,46,49)(H,47,50)/t39-/m0/s1. The lowest BCUT2D eigenvalue weighted by Gasteiger charge is -2.20. The zero-order valence-electron chi connectivity index (χ0n) is 33.3. The van der Waals surface area contributed by atoms with Gasteiger partial charge in [-0.1, -0.05) is 48.5 Å². The Bertz CT molecular complexity index is 2140. The van der Waals surface area contributed by atoms with Gasteiger partial charge in [0.1, 0.15) is 60.1 Å². The lowest BCUT2D eigenvalue weighted by Crippen LogP contribution is -2.42. The van der Waals surface area contributed by atoms with E-state index in [1.165, 1.54) is 0 Å². The molecule has 2 amide bonds. The second kappa shape index (κ2) is 18.2. The van der Waals surface area contributed by atoms with Gasteiger partial charge in [0.2, 0.25) is 0 Å². The topological polar surface area (TPSA) is 144 Å². The molecular formula is C45H50N2O10. The Morgan fingerprint density at radius 2 is 1.44 bits per heavy atom. The Labute approximate surface area is 332 Å². The molecule has 12 heteroatoms. The second-order valence-corrected chi connectivity index (χ2v) is 14.9. The van der Waals surface area contributed by atoms with Crippen LogP contribution in [-0.4, -0.2) is 57.2 Å². The van der Waals surface area contributed by atoms with Gasteiger partial charge in [-0.25, -0.2) is 14.4 Å². The quantitative estimate of drug-likeness (QED) is 0.0566. The van der Waals surface area contributed by atoms with Gasteiger partial charge in [0.15, 0.2) is 0 Å². The molecule has 1 aliphatic carbocycles. The Balaban J connectivity index is 1.08. The van der Waals surface area contributed by atoms with Crippen LogP contribution in [0.1, 0.15) is 74.0 Å². The van der Waals surface area contributed by atoms with Crippen LogP contribution < -0.4 is 24.8 Å². The van der Waals surface area contributed by atoms with Crippen LogP contribution in [0, 0.1) is 6.92 Å². The van der Waals surface area contributed by atoms with E-state index < -0.39 is 29.8 Å². The maximum Gasteiger partial charge on any atom is 0.407 e. The van der Waals surface area contributed by atoms with Crippen LogP contribution in [-0.2, 0) is 32.2 Å². The van der Waals surface area contributed by atoms with E-state index in [0.29, 0.717) is 48.0 Å². The predicted molar refractivity (Wildman–Crippen MR) is 215 cm³/mol. The first kappa shape index (κ1) is 40.5. The van der Waals surface area contributed by atoms with E-state index in [1.807, 2.05) is 67.6 Å². The minimum atomic E-state index is -1.01. The number of methoxy groups -OCH3 is 2. The molecule has 0 spiro atoms. The molecular weight excluding hydrogens is 728 g/mol. The van der Waals surface area contributed by atoms with Crippen molar-refractivity contribution in [1.29, 1.82) is 0 Å².